The third-order valence-corrected chi connectivity index (χ3v) is 1.15. The molecule has 48 valence electrons. The van der Waals surface area contributed by atoms with Crippen molar-refractivity contribution in [3.63, 3.8) is 0 Å². The minimum Gasteiger partial charge on any atom is -0.122 e. The van der Waals surface area contributed by atoms with Crippen LogP contribution in [-0.4, -0.2) is 31.1 Å². The normalized spacial score (nSPS) is 10.0. The molecule has 0 aromatic heterocycles. The zero-order chi connectivity index (χ0) is 5.70. The summed E-state index contributed by atoms with van der Waals surface area (Å²) in [6.45, 7) is 2.19. The molecule has 0 aliphatic rings. The molecule has 0 spiro atoms. The van der Waals surface area contributed by atoms with Crippen molar-refractivity contribution in [2.24, 2.45) is 0 Å². The summed E-state index contributed by atoms with van der Waals surface area (Å²) >= 11 is 0. The van der Waals surface area contributed by atoms with Gasteiger partial charge in [-0.2, -0.15) is 0 Å². The maximum atomic E-state index is 10.1. The maximum Gasteiger partial charge on any atom is 0.697 e. The van der Waals surface area contributed by atoms with E-state index in [-0.39, 0.29) is 17.4 Å². The number of hydrogen-bond acceptors (Lipinski definition) is 3. The lowest BCUT2D eigenvalue weighted by Crippen LogP contribution is -1.76. The van der Waals surface area contributed by atoms with Crippen LogP contribution in [0.3, 0.4) is 0 Å². The predicted molar refractivity (Wildman–Crippen MR) is 36.2 cm³/mol. The van der Waals surface area contributed by atoms with Crippen LogP contribution in [0.1, 0.15) is 6.92 Å². The fraction of sp³-hybridized carbons (Fsp3) is 1.00. The topological polar surface area (TPSA) is 35.5 Å². The molecule has 0 heterocycles. The van der Waals surface area contributed by atoms with Gasteiger partial charge >= 0.3 is 8.25 Å². The standard InChI is InChI=1S/C3H8O3P.Al.3H/c1-3-6-7(4)5-2;;;;/h3H2,1-2H3;;;;/q+1;;;;. The predicted octanol–water partition coefficient (Wildman–Crippen LogP) is 0.143. The van der Waals surface area contributed by atoms with E-state index in [1.54, 1.807) is 6.92 Å². The monoisotopic (exact) mass is 153 g/mol. The summed E-state index contributed by atoms with van der Waals surface area (Å²) in [5.41, 5.74) is 0. The molecule has 8 heavy (non-hydrogen) atoms. The summed E-state index contributed by atoms with van der Waals surface area (Å²) in [5, 5.41) is 0. The Kier molecular flexibility index (Phi) is 10.7. The third-order valence-electron chi connectivity index (χ3n) is 0.384. The van der Waals surface area contributed by atoms with Crippen LogP contribution in [0, 0.1) is 0 Å². The number of rotatable bonds is 3. The molecule has 0 aliphatic heterocycles. The minimum atomic E-state index is -1.83. The van der Waals surface area contributed by atoms with Crippen LogP contribution in [0.25, 0.3) is 0 Å². The van der Waals surface area contributed by atoms with Gasteiger partial charge in [-0.25, -0.2) is 0 Å². The summed E-state index contributed by atoms with van der Waals surface area (Å²) in [6.07, 6.45) is 0. The maximum absolute atomic E-state index is 10.1. The van der Waals surface area contributed by atoms with Crippen molar-refractivity contribution in [3.05, 3.63) is 0 Å². The van der Waals surface area contributed by atoms with Gasteiger partial charge in [-0.1, -0.05) is 0 Å². The SMILES string of the molecule is CCO[P+](=O)OC.[AlH3]. The first kappa shape index (κ1) is 11.4. The molecule has 1 atom stereocenters. The fourth-order valence-electron chi connectivity index (χ4n) is 0.158. The van der Waals surface area contributed by atoms with Gasteiger partial charge in [0.25, 0.3) is 0 Å². The van der Waals surface area contributed by atoms with Crippen LogP contribution >= 0.6 is 8.25 Å². The highest BCUT2D eigenvalue weighted by molar-refractivity contribution is 7.33. The van der Waals surface area contributed by atoms with Crippen molar-refractivity contribution in [1.82, 2.24) is 0 Å². The van der Waals surface area contributed by atoms with E-state index < -0.39 is 8.25 Å². The van der Waals surface area contributed by atoms with Gasteiger partial charge in [0.15, 0.2) is 17.4 Å². The molecule has 0 rings (SSSR count). The Balaban J connectivity index is 0. The van der Waals surface area contributed by atoms with Crippen molar-refractivity contribution in [1.29, 1.82) is 0 Å². The van der Waals surface area contributed by atoms with Crippen LogP contribution in [0.4, 0.5) is 0 Å². The Morgan fingerprint density at radius 2 is 2.12 bits per heavy atom. The van der Waals surface area contributed by atoms with Crippen LogP contribution in [0.5, 0.6) is 0 Å². The zero-order valence-electron chi connectivity index (χ0n) is 4.38. The summed E-state index contributed by atoms with van der Waals surface area (Å²) in [7, 11) is -0.487. The average molecular weight is 153 g/mol. The van der Waals surface area contributed by atoms with Crippen LogP contribution in [0.2, 0.25) is 0 Å². The molecular formula is C3H11AlO3P+. The molecule has 0 aromatic carbocycles. The van der Waals surface area contributed by atoms with E-state index in [9.17, 15) is 4.57 Å². The van der Waals surface area contributed by atoms with E-state index in [1.165, 1.54) is 7.11 Å². The molecule has 3 nitrogen and oxygen atoms in total. The van der Waals surface area contributed by atoms with Crippen molar-refractivity contribution < 1.29 is 13.6 Å². The highest BCUT2D eigenvalue weighted by atomic mass is 31.1. The second-order valence-corrected chi connectivity index (χ2v) is 1.89. The first-order valence-corrected chi connectivity index (χ1v) is 3.05. The lowest BCUT2D eigenvalue weighted by Gasteiger charge is -1.74. The van der Waals surface area contributed by atoms with E-state index in [1.807, 2.05) is 0 Å². The van der Waals surface area contributed by atoms with E-state index in [2.05, 4.69) is 9.05 Å². The van der Waals surface area contributed by atoms with Crippen molar-refractivity contribution in [2.45, 2.75) is 6.92 Å². The highest BCUT2D eigenvalue weighted by Gasteiger charge is 2.13. The Hall–Kier alpha value is 0.552. The lowest BCUT2D eigenvalue weighted by molar-refractivity contribution is 0.268. The van der Waals surface area contributed by atoms with Crippen molar-refractivity contribution in [3.8, 4) is 0 Å². The second-order valence-electron chi connectivity index (χ2n) is 0.824. The molecule has 5 heteroatoms. The molecule has 0 N–H and O–H groups in total. The van der Waals surface area contributed by atoms with Crippen LogP contribution in [0.15, 0.2) is 0 Å². The molecule has 1 unspecified atom stereocenters. The Morgan fingerprint density at radius 1 is 1.62 bits per heavy atom. The lowest BCUT2D eigenvalue weighted by atomic mass is 10.9. The molecule has 0 saturated heterocycles. The molecular weight excluding hydrogens is 142 g/mol. The Morgan fingerprint density at radius 3 is 2.25 bits per heavy atom. The van der Waals surface area contributed by atoms with Gasteiger partial charge in [0.2, 0.25) is 0 Å². The Labute approximate surface area is 60.4 Å². The molecule has 0 bridgehead atoms. The van der Waals surface area contributed by atoms with Crippen LogP contribution in [-0.2, 0) is 13.6 Å². The Bertz CT molecular complexity index is 67.5. The van der Waals surface area contributed by atoms with Gasteiger partial charge in [0, 0.05) is 4.57 Å². The molecule has 0 aliphatic carbocycles. The number of hydrogen-bond donors (Lipinski definition) is 0. The quantitative estimate of drug-likeness (QED) is 0.427. The van der Waals surface area contributed by atoms with Crippen LogP contribution < -0.4 is 0 Å². The highest BCUT2D eigenvalue weighted by Crippen LogP contribution is 2.20. The summed E-state index contributed by atoms with van der Waals surface area (Å²) in [6, 6.07) is 0. The largest absolute Gasteiger partial charge is 0.697 e. The van der Waals surface area contributed by atoms with E-state index in [0.717, 1.165) is 0 Å². The zero-order valence-corrected chi connectivity index (χ0v) is 5.27. The molecule has 0 aromatic rings. The summed E-state index contributed by atoms with van der Waals surface area (Å²) in [4.78, 5) is 0. The first-order chi connectivity index (χ1) is 3.31. The smallest absolute Gasteiger partial charge is 0.122 e. The molecule has 0 saturated carbocycles. The van der Waals surface area contributed by atoms with Gasteiger partial charge < -0.3 is 0 Å². The molecule has 0 fully saturated rings. The average Bonchev–Trinajstić information content (AvgIpc) is 1.68. The summed E-state index contributed by atoms with van der Waals surface area (Å²) in [5.74, 6) is 0. The molecule has 0 radical (unpaired) electrons. The van der Waals surface area contributed by atoms with Crippen molar-refractivity contribution in [2.75, 3.05) is 13.7 Å². The van der Waals surface area contributed by atoms with E-state index in [4.69, 9.17) is 0 Å². The molecule has 0 amide bonds. The van der Waals surface area contributed by atoms with Gasteiger partial charge in [-0.15, -0.1) is 9.05 Å². The van der Waals surface area contributed by atoms with E-state index in [0.29, 0.717) is 6.61 Å². The minimum absolute atomic E-state index is 0. The van der Waals surface area contributed by atoms with Gasteiger partial charge in [0.05, 0.1) is 7.11 Å². The summed E-state index contributed by atoms with van der Waals surface area (Å²) < 4.78 is 18.9. The van der Waals surface area contributed by atoms with Crippen molar-refractivity contribution >= 4 is 25.6 Å². The van der Waals surface area contributed by atoms with E-state index >= 15 is 0 Å². The van der Waals surface area contributed by atoms with Gasteiger partial charge in [-0.05, 0) is 6.92 Å². The third kappa shape index (κ3) is 6.55. The second kappa shape index (κ2) is 7.55. The fourth-order valence-corrected chi connectivity index (χ4v) is 0.474. The van der Waals surface area contributed by atoms with Gasteiger partial charge in [0.1, 0.15) is 6.61 Å². The first-order valence-electron chi connectivity index (χ1n) is 1.95. The van der Waals surface area contributed by atoms with Gasteiger partial charge in [-0.3, -0.25) is 0 Å².